The zero-order valence-electron chi connectivity index (χ0n) is 10.8. The van der Waals surface area contributed by atoms with Gasteiger partial charge in [-0.1, -0.05) is 6.07 Å². The second kappa shape index (κ2) is 7.32. The molecule has 0 aromatic heterocycles. The maximum atomic E-state index is 12.9. The van der Waals surface area contributed by atoms with Gasteiger partial charge in [-0.2, -0.15) is 0 Å². The molecule has 0 aliphatic carbocycles. The molecule has 0 bridgehead atoms. The number of hydrogen-bond donors (Lipinski definition) is 3. The maximum absolute atomic E-state index is 12.9. The number of carbonyl (C=O) groups excluding carboxylic acids is 1. The standard InChI is InChI=1S/C13H13F2NO5/c14-8-3-1-7(5-9(8)15)2-4-11(17)16-10(13(20)21)6-12(18)19/h1,3,5,10H,2,4,6H2,(H,16,17)(H,18,19)(H,20,21). The van der Waals surface area contributed by atoms with Crippen LogP contribution in [0.25, 0.3) is 0 Å². The Balaban J connectivity index is 2.54. The zero-order chi connectivity index (χ0) is 16.0. The average molecular weight is 301 g/mol. The predicted molar refractivity (Wildman–Crippen MR) is 66.5 cm³/mol. The van der Waals surface area contributed by atoms with Crippen LogP contribution in [-0.4, -0.2) is 34.1 Å². The van der Waals surface area contributed by atoms with Gasteiger partial charge in [-0.15, -0.1) is 0 Å². The van der Waals surface area contributed by atoms with Crippen molar-refractivity contribution in [2.75, 3.05) is 0 Å². The minimum Gasteiger partial charge on any atom is -0.481 e. The monoisotopic (exact) mass is 301 g/mol. The van der Waals surface area contributed by atoms with Gasteiger partial charge in [-0.05, 0) is 24.1 Å². The first-order valence-corrected chi connectivity index (χ1v) is 5.97. The van der Waals surface area contributed by atoms with Gasteiger partial charge in [0.1, 0.15) is 6.04 Å². The molecule has 21 heavy (non-hydrogen) atoms. The lowest BCUT2D eigenvalue weighted by atomic mass is 10.1. The number of rotatable bonds is 7. The second-order valence-electron chi connectivity index (χ2n) is 4.30. The van der Waals surface area contributed by atoms with Crippen molar-refractivity contribution in [1.82, 2.24) is 5.32 Å². The molecule has 0 heterocycles. The Labute approximate surface area is 118 Å². The summed E-state index contributed by atoms with van der Waals surface area (Å²) in [6, 6.07) is 1.64. The third-order valence-corrected chi connectivity index (χ3v) is 2.64. The molecule has 0 saturated carbocycles. The first kappa shape index (κ1) is 16.5. The molecule has 1 aromatic carbocycles. The minimum absolute atomic E-state index is 0.0719. The van der Waals surface area contributed by atoms with Crippen molar-refractivity contribution in [3.63, 3.8) is 0 Å². The van der Waals surface area contributed by atoms with Crippen LogP contribution >= 0.6 is 0 Å². The van der Waals surface area contributed by atoms with E-state index < -0.39 is 41.9 Å². The summed E-state index contributed by atoms with van der Waals surface area (Å²) in [6.07, 6.45) is -0.844. The lowest BCUT2D eigenvalue weighted by Gasteiger charge is -2.12. The number of carboxylic acid groups (broad SMARTS) is 2. The van der Waals surface area contributed by atoms with Crippen LogP contribution < -0.4 is 5.32 Å². The van der Waals surface area contributed by atoms with E-state index in [0.717, 1.165) is 12.1 Å². The smallest absolute Gasteiger partial charge is 0.326 e. The van der Waals surface area contributed by atoms with E-state index >= 15 is 0 Å². The molecule has 8 heteroatoms. The van der Waals surface area contributed by atoms with Crippen LogP contribution in [-0.2, 0) is 20.8 Å². The van der Waals surface area contributed by atoms with Crippen LogP contribution in [0.2, 0.25) is 0 Å². The number of amides is 1. The molecule has 1 aromatic rings. The number of halogens is 2. The highest BCUT2D eigenvalue weighted by atomic mass is 19.2. The SMILES string of the molecule is O=C(O)CC(NC(=O)CCc1ccc(F)c(F)c1)C(=O)O. The van der Waals surface area contributed by atoms with E-state index in [-0.39, 0.29) is 12.8 Å². The molecule has 1 rings (SSSR count). The highest BCUT2D eigenvalue weighted by Crippen LogP contribution is 2.10. The zero-order valence-corrected chi connectivity index (χ0v) is 10.8. The van der Waals surface area contributed by atoms with Gasteiger partial charge in [0.05, 0.1) is 6.42 Å². The lowest BCUT2D eigenvalue weighted by molar-refractivity contribution is -0.147. The summed E-state index contributed by atoms with van der Waals surface area (Å²) in [5.74, 6) is -5.55. The highest BCUT2D eigenvalue weighted by Gasteiger charge is 2.22. The summed E-state index contributed by atoms with van der Waals surface area (Å²) < 4.78 is 25.6. The van der Waals surface area contributed by atoms with E-state index in [1.54, 1.807) is 0 Å². The quantitative estimate of drug-likeness (QED) is 0.695. The summed E-state index contributed by atoms with van der Waals surface area (Å²) in [7, 11) is 0. The largest absolute Gasteiger partial charge is 0.481 e. The molecule has 0 aliphatic heterocycles. The van der Waals surface area contributed by atoms with E-state index in [9.17, 15) is 23.2 Å². The fourth-order valence-corrected chi connectivity index (χ4v) is 1.59. The van der Waals surface area contributed by atoms with Crippen LogP contribution in [0.4, 0.5) is 8.78 Å². The third-order valence-electron chi connectivity index (χ3n) is 2.64. The number of carboxylic acids is 2. The molecule has 1 unspecified atom stereocenters. The van der Waals surface area contributed by atoms with E-state index in [0.29, 0.717) is 5.56 Å². The van der Waals surface area contributed by atoms with Crippen LogP contribution in [0, 0.1) is 11.6 Å². The van der Waals surface area contributed by atoms with Crippen molar-refractivity contribution in [3.8, 4) is 0 Å². The topological polar surface area (TPSA) is 104 Å². The number of aliphatic carboxylic acids is 2. The molecule has 0 fully saturated rings. The lowest BCUT2D eigenvalue weighted by Crippen LogP contribution is -2.42. The summed E-state index contributed by atoms with van der Waals surface area (Å²) in [5.41, 5.74) is 0.370. The van der Waals surface area contributed by atoms with E-state index in [4.69, 9.17) is 10.2 Å². The molecule has 3 N–H and O–H groups in total. The predicted octanol–water partition coefficient (Wildman–Crippen LogP) is 0.942. The second-order valence-corrected chi connectivity index (χ2v) is 4.30. The Morgan fingerprint density at radius 3 is 2.33 bits per heavy atom. The minimum atomic E-state index is -1.53. The Morgan fingerprint density at radius 2 is 1.81 bits per heavy atom. The number of aryl methyl sites for hydroxylation is 1. The van der Waals surface area contributed by atoms with Crippen LogP contribution in [0.15, 0.2) is 18.2 Å². The highest BCUT2D eigenvalue weighted by molar-refractivity contribution is 5.86. The molecule has 1 amide bonds. The van der Waals surface area contributed by atoms with Gasteiger partial charge in [-0.25, -0.2) is 13.6 Å². The van der Waals surface area contributed by atoms with Gasteiger partial charge in [0.2, 0.25) is 5.91 Å². The Kier molecular flexibility index (Phi) is 5.77. The molecule has 0 radical (unpaired) electrons. The molecular formula is C13H13F2NO5. The Hall–Kier alpha value is -2.51. The number of benzene rings is 1. The van der Waals surface area contributed by atoms with Crippen molar-refractivity contribution >= 4 is 17.8 Å². The summed E-state index contributed by atoms with van der Waals surface area (Å²) in [4.78, 5) is 32.7. The van der Waals surface area contributed by atoms with Gasteiger partial charge in [-0.3, -0.25) is 9.59 Å². The summed E-state index contributed by atoms with van der Waals surface area (Å²) in [5, 5.41) is 19.3. The van der Waals surface area contributed by atoms with Gasteiger partial charge in [0.25, 0.3) is 0 Å². The van der Waals surface area contributed by atoms with E-state index in [1.807, 2.05) is 0 Å². The van der Waals surface area contributed by atoms with E-state index in [2.05, 4.69) is 5.32 Å². The normalized spacial score (nSPS) is 11.7. The molecule has 0 aliphatic rings. The number of carbonyl (C=O) groups is 3. The van der Waals surface area contributed by atoms with Crippen molar-refractivity contribution < 1.29 is 33.4 Å². The van der Waals surface area contributed by atoms with Crippen LogP contribution in [0.3, 0.4) is 0 Å². The molecular weight excluding hydrogens is 288 g/mol. The first-order valence-electron chi connectivity index (χ1n) is 5.97. The number of hydrogen-bond acceptors (Lipinski definition) is 3. The van der Waals surface area contributed by atoms with Crippen LogP contribution in [0.1, 0.15) is 18.4 Å². The molecule has 6 nitrogen and oxygen atoms in total. The van der Waals surface area contributed by atoms with Gasteiger partial charge >= 0.3 is 11.9 Å². The van der Waals surface area contributed by atoms with E-state index in [1.165, 1.54) is 6.07 Å². The fourth-order valence-electron chi connectivity index (χ4n) is 1.59. The molecule has 0 spiro atoms. The van der Waals surface area contributed by atoms with Gasteiger partial charge in [0, 0.05) is 6.42 Å². The first-order chi connectivity index (χ1) is 9.79. The molecule has 1 atom stereocenters. The summed E-state index contributed by atoms with van der Waals surface area (Å²) in [6.45, 7) is 0. The van der Waals surface area contributed by atoms with Crippen molar-refractivity contribution in [3.05, 3.63) is 35.4 Å². The molecule has 114 valence electrons. The third kappa shape index (κ3) is 5.55. The maximum Gasteiger partial charge on any atom is 0.326 e. The van der Waals surface area contributed by atoms with Gasteiger partial charge in [0.15, 0.2) is 11.6 Å². The van der Waals surface area contributed by atoms with Crippen molar-refractivity contribution in [2.24, 2.45) is 0 Å². The van der Waals surface area contributed by atoms with Gasteiger partial charge < -0.3 is 15.5 Å². The number of nitrogens with one attached hydrogen (secondary N) is 1. The fraction of sp³-hybridized carbons (Fsp3) is 0.308. The van der Waals surface area contributed by atoms with Crippen molar-refractivity contribution in [2.45, 2.75) is 25.3 Å². The average Bonchev–Trinajstić information content (AvgIpc) is 2.38. The Morgan fingerprint density at radius 1 is 1.14 bits per heavy atom. The molecule has 0 saturated heterocycles. The van der Waals surface area contributed by atoms with Crippen LogP contribution in [0.5, 0.6) is 0 Å². The summed E-state index contributed by atoms with van der Waals surface area (Å²) >= 11 is 0. The Bertz CT molecular complexity index is 561. The van der Waals surface area contributed by atoms with Crippen molar-refractivity contribution in [1.29, 1.82) is 0 Å².